The van der Waals surface area contributed by atoms with E-state index in [0.29, 0.717) is 23.3 Å². The molecule has 2 aliphatic rings. The van der Waals surface area contributed by atoms with Gasteiger partial charge in [0, 0.05) is 13.8 Å². The molecule has 4 heteroatoms. The van der Waals surface area contributed by atoms with Gasteiger partial charge in [-0.25, -0.2) is 0 Å². The van der Waals surface area contributed by atoms with Crippen LogP contribution >= 0.6 is 0 Å². The second-order valence-corrected chi connectivity index (χ2v) is 9.51. The molecular weight excluding hydrogens is 364 g/mol. The Morgan fingerprint density at radius 2 is 1.79 bits per heavy atom. The first kappa shape index (κ1) is 21.6. The van der Waals surface area contributed by atoms with Gasteiger partial charge in [-0.05, 0) is 85.5 Å². The summed E-state index contributed by atoms with van der Waals surface area (Å²) >= 11 is 0. The van der Waals surface area contributed by atoms with E-state index in [1.54, 1.807) is 12.1 Å². The van der Waals surface area contributed by atoms with E-state index in [1.165, 1.54) is 38.7 Å². The maximum atomic E-state index is 11.7. The maximum Gasteiger partial charge on any atom is 0.308 e. The van der Waals surface area contributed by atoms with Gasteiger partial charge in [0.2, 0.25) is 0 Å². The van der Waals surface area contributed by atoms with Crippen molar-refractivity contribution in [2.24, 2.45) is 22.7 Å². The molecule has 0 bridgehead atoms. The summed E-state index contributed by atoms with van der Waals surface area (Å²) in [6.45, 7) is 12.3. The molecule has 4 atom stereocenters. The Bertz CT molecular complexity index is 839. The normalized spacial score (nSPS) is 31.4. The minimum atomic E-state index is -0.353. The van der Waals surface area contributed by atoms with Gasteiger partial charge in [0.15, 0.2) is 0 Å². The highest BCUT2D eigenvalue weighted by molar-refractivity contribution is 5.71. The molecule has 3 rings (SSSR count). The molecule has 0 aromatic heterocycles. The fourth-order valence-corrected chi connectivity index (χ4v) is 5.80. The third-order valence-electron chi connectivity index (χ3n) is 7.71. The van der Waals surface area contributed by atoms with E-state index >= 15 is 0 Å². The van der Waals surface area contributed by atoms with Crippen molar-refractivity contribution >= 4 is 11.9 Å². The molecule has 0 N–H and O–H groups in total. The maximum absolute atomic E-state index is 11.7. The lowest BCUT2D eigenvalue weighted by Gasteiger charge is -2.58. The number of hydrogen-bond acceptors (Lipinski definition) is 4. The largest absolute Gasteiger partial charge is 0.427 e. The first-order valence-electron chi connectivity index (χ1n) is 10.7. The Balaban J connectivity index is 2.02. The molecule has 0 saturated heterocycles. The zero-order chi connectivity index (χ0) is 21.4. The van der Waals surface area contributed by atoms with Gasteiger partial charge in [-0.1, -0.05) is 32.4 Å². The number of fused-ring (bicyclic) bond motifs is 1. The van der Waals surface area contributed by atoms with Crippen molar-refractivity contribution in [2.45, 2.75) is 73.6 Å². The molecule has 1 aromatic rings. The predicted molar refractivity (Wildman–Crippen MR) is 114 cm³/mol. The highest BCUT2D eigenvalue weighted by Crippen LogP contribution is 2.61. The van der Waals surface area contributed by atoms with Gasteiger partial charge in [-0.2, -0.15) is 0 Å². The Morgan fingerprint density at radius 1 is 1.10 bits per heavy atom. The van der Waals surface area contributed by atoms with Crippen LogP contribution in [0.3, 0.4) is 0 Å². The molecule has 4 nitrogen and oxygen atoms in total. The minimum Gasteiger partial charge on any atom is -0.427 e. The quantitative estimate of drug-likeness (QED) is 0.361. The third-order valence-corrected chi connectivity index (χ3v) is 7.71. The Hall–Kier alpha value is -2.10. The minimum absolute atomic E-state index is 0.0618. The number of esters is 2. The van der Waals surface area contributed by atoms with Gasteiger partial charge in [-0.3, -0.25) is 9.59 Å². The zero-order valence-electron chi connectivity index (χ0n) is 18.6. The molecule has 0 radical (unpaired) electrons. The standard InChI is InChI=1S/C25H34O4/c1-16-8-7-9-23-24(16,5)13-12-17(2)25(23,6)15-20-14-21(28-18(3)26)10-11-22(20)29-19(4)27/h8,10-11,14,17,23H,7,9,12-13,15H2,1-6H3. The summed E-state index contributed by atoms with van der Waals surface area (Å²) in [5.41, 5.74) is 2.73. The van der Waals surface area contributed by atoms with E-state index in [1.807, 2.05) is 6.07 Å². The Morgan fingerprint density at radius 3 is 2.45 bits per heavy atom. The number of carbonyl (C=O) groups is 2. The van der Waals surface area contributed by atoms with Gasteiger partial charge in [0.05, 0.1) is 0 Å². The summed E-state index contributed by atoms with van der Waals surface area (Å²) in [5, 5.41) is 0. The van der Waals surface area contributed by atoms with Gasteiger partial charge in [-0.15, -0.1) is 0 Å². The van der Waals surface area contributed by atoms with Crippen molar-refractivity contribution in [2.75, 3.05) is 0 Å². The van der Waals surface area contributed by atoms with Crippen LogP contribution in [0.25, 0.3) is 0 Å². The second-order valence-electron chi connectivity index (χ2n) is 9.51. The molecule has 29 heavy (non-hydrogen) atoms. The van der Waals surface area contributed by atoms with Gasteiger partial charge >= 0.3 is 11.9 Å². The molecule has 0 spiro atoms. The lowest BCUT2D eigenvalue weighted by atomic mass is 9.47. The van der Waals surface area contributed by atoms with Gasteiger partial charge < -0.3 is 9.47 Å². The van der Waals surface area contributed by atoms with Crippen molar-refractivity contribution in [1.82, 2.24) is 0 Å². The molecule has 0 heterocycles. The van der Waals surface area contributed by atoms with Crippen LogP contribution in [0.4, 0.5) is 0 Å². The average Bonchev–Trinajstić information content (AvgIpc) is 2.62. The molecular formula is C25H34O4. The first-order chi connectivity index (χ1) is 13.6. The van der Waals surface area contributed by atoms with Gasteiger partial charge in [0.25, 0.3) is 0 Å². The summed E-state index contributed by atoms with van der Waals surface area (Å²) in [6, 6.07) is 5.31. The van der Waals surface area contributed by atoms with E-state index in [-0.39, 0.29) is 22.8 Å². The molecule has 1 aromatic carbocycles. The summed E-state index contributed by atoms with van der Waals surface area (Å²) in [5.74, 6) is 1.49. The van der Waals surface area contributed by atoms with Crippen molar-refractivity contribution in [1.29, 1.82) is 0 Å². The van der Waals surface area contributed by atoms with Crippen LogP contribution in [-0.4, -0.2) is 11.9 Å². The van der Waals surface area contributed by atoms with E-state index in [0.717, 1.165) is 18.4 Å². The fraction of sp³-hybridized carbons (Fsp3) is 0.600. The summed E-state index contributed by atoms with van der Waals surface area (Å²) < 4.78 is 10.8. The number of allylic oxidation sites excluding steroid dienone is 2. The monoisotopic (exact) mass is 398 g/mol. The van der Waals surface area contributed by atoms with Crippen LogP contribution in [-0.2, 0) is 16.0 Å². The lowest BCUT2D eigenvalue weighted by molar-refractivity contribution is -0.133. The zero-order valence-corrected chi connectivity index (χ0v) is 18.6. The fourth-order valence-electron chi connectivity index (χ4n) is 5.80. The molecule has 4 unspecified atom stereocenters. The second kappa shape index (κ2) is 7.97. The number of rotatable bonds is 4. The summed E-state index contributed by atoms with van der Waals surface area (Å²) in [7, 11) is 0. The molecule has 2 aliphatic carbocycles. The molecule has 158 valence electrons. The SMILES string of the molecule is CC(=O)Oc1ccc(OC(C)=O)c(CC2(C)C(C)CCC3(C)C(C)=CCCC32)c1. The number of benzene rings is 1. The molecule has 1 fully saturated rings. The number of carbonyl (C=O) groups excluding carboxylic acids is 2. The van der Waals surface area contributed by atoms with E-state index in [4.69, 9.17) is 9.47 Å². The summed E-state index contributed by atoms with van der Waals surface area (Å²) in [6.07, 6.45) is 7.92. The van der Waals surface area contributed by atoms with Crippen LogP contribution in [0, 0.1) is 22.7 Å². The number of hydrogen-bond donors (Lipinski definition) is 0. The average molecular weight is 399 g/mol. The van der Waals surface area contributed by atoms with E-state index < -0.39 is 0 Å². The smallest absolute Gasteiger partial charge is 0.308 e. The van der Waals surface area contributed by atoms with E-state index in [2.05, 4.69) is 33.8 Å². The van der Waals surface area contributed by atoms with Crippen molar-refractivity contribution in [3.8, 4) is 11.5 Å². The molecule has 0 amide bonds. The highest BCUT2D eigenvalue weighted by atomic mass is 16.5. The molecule has 1 saturated carbocycles. The van der Waals surface area contributed by atoms with Crippen LogP contribution in [0.5, 0.6) is 11.5 Å². The van der Waals surface area contributed by atoms with Crippen molar-refractivity contribution in [3.63, 3.8) is 0 Å². The van der Waals surface area contributed by atoms with Crippen LogP contribution in [0.1, 0.15) is 72.8 Å². The topological polar surface area (TPSA) is 52.6 Å². The number of ether oxygens (including phenoxy) is 2. The summed E-state index contributed by atoms with van der Waals surface area (Å²) in [4.78, 5) is 23.1. The van der Waals surface area contributed by atoms with Crippen LogP contribution in [0.15, 0.2) is 29.8 Å². The third kappa shape index (κ3) is 4.12. The predicted octanol–water partition coefficient (Wildman–Crippen LogP) is 5.88. The van der Waals surface area contributed by atoms with E-state index in [9.17, 15) is 9.59 Å². The first-order valence-corrected chi connectivity index (χ1v) is 10.7. The Kier molecular flexibility index (Phi) is 5.93. The van der Waals surface area contributed by atoms with Crippen molar-refractivity contribution < 1.29 is 19.1 Å². The lowest BCUT2D eigenvalue weighted by Crippen LogP contribution is -2.50. The van der Waals surface area contributed by atoms with Crippen molar-refractivity contribution in [3.05, 3.63) is 35.4 Å². The van der Waals surface area contributed by atoms with Crippen LogP contribution in [0.2, 0.25) is 0 Å². The Labute approximate surface area is 174 Å². The van der Waals surface area contributed by atoms with Crippen LogP contribution < -0.4 is 9.47 Å². The highest BCUT2D eigenvalue weighted by Gasteiger charge is 2.53. The van der Waals surface area contributed by atoms with Gasteiger partial charge in [0.1, 0.15) is 11.5 Å². The molecule has 0 aliphatic heterocycles.